The SMILES string of the molecule is c1ccc2c3c4ccccc4c(c2c1)C[n+]1ccc(cc1)-c1cc[n+](cc1)Cc1c2ccccc2c(c2ccccc12)C[n+]1ccc(cc1)-c1cc[n+](cc1)C3. The lowest BCUT2D eigenvalue weighted by molar-refractivity contribution is -0.688. The number of aromatic nitrogens is 4. The van der Waals surface area contributed by atoms with Crippen LogP contribution in [0.15, 0.2) is 195 Å². The minimum Gasteiger partial charge on any atom is -0.201 e. The van der Waals surface area contributed by atoms with Gasteiger partial charge in [0.2, 0.25) is 0 Å². The van der Waals surface area contributed by atoms with Crippen molar-refractivity contribution in [1.82, 2.24) is 0 Å². The molecule has 4 nitrogen and oxygen atoms in total. The number of hydrogen-bond donors (Lipinski definition) is 0. The average molecular weight is 721 g/mol. The third-order valence-electron chi connectivity index (χ3n) is 11.9. The Labute approximate surface area is 326 Å². The van der Waals surface area contributed by atoms with Gasteiger partial charge in [-0.25, -0.2) is 18.3 Å². The van der Waals surface area contributed by atoms with Crippen LogP contribution in [0.2, 0.25) is 0 Å². The number of nitrogens with zero attached hydrogens (tertiary/aromatic N) is 4. The van der Waals surface area contributed by atoms with Gasteiger partial charge in [-0.05, 0) is 65.3 Å². The maximum atomic E-state index is 2.31. The molecule has 10 aromatic rings. The van der Waals surface area contributed by atoms with Crippen molar-refractivity contribution >= 4 is 43.1 Å². The molecule has 0 unspecified atom stereocenters. The molecule has 264 valence electrons. The third-order valence-corrected chi connectivity index (χ3v) is 11.9. The molecular weight excluding hydrogens is 681 g/mol. The first-order valence-electron chi connectivity index (χ1n) is 19.5. The minimum atomic E-state index is 0.788. The predicted molar refractivity (Wildman–Crippen MR) is 224 cm³/mol. The molecule has 14 aliphatic rings. The van der Waals surface area contributed by atoms with Crippen LogP contribution in [0.5, 0.6) is 0 Å². The molecule has 0 N–H and O–H groups in total. The van der Waals surface area contributed by atoms with E-state index in [4.69, 9.17) is 0 Å². The van der Waals surface area contributed by atoms with E-state index in [1.54, 1.807) is 0 Å². The Morgan fingerprint density at radius 3 is 0.536 bits per heavy atom. The van der Waals surface area contributed by atoms with E-state index in [1.807, 2.05) is 0 Å². The zero-order valence-corrected chi connectivity index (χ0v) is 31.1. The van der Waals surface area contributed by atoms with Gasteiger partial charge in [0.05, 0.1) is 0 Å². The zero-order chi connectivity index (χ0) is 37.0. The van der Waals surface area contributed by atoms with Gasteiger partial charge in [-0.3, -0.25) is 0 Å². The summed E-state index contributed by atoms with van der Waals surface area (Å²) < 4.78 is 9.25. The fourth-order valence-corrected chi connectivity index (χ4v) is 9.05. The summed E-state index contributed by atoms with van der Waals surface area (Å²) in [6, 6.07) is 53.7. The van der Waals surface area contributed by atoms with Crippen molar-refractivity contribution in [3.05, 3.63) is 217 Å². The normalized spacial score (nSPS) is 12.7. The van der Waals surface area contributed by atoms with E-state index in [2.05, 4.69) is 213 Å². The smallest absolute Gasteiger partial charge is 0.175 e. The maximum absolute atomic E-state index is 2.31. The molecule has 0 saturated heterocycles. The van der Waals surface area contributed by atoms with Crippen LogP contribution in [-0.2, 0) is 26.2 Å². The van der Waals surface area contributed by atoms with Gasteiger partial charge in [-0.2, -0.15) is 0 Å². The van der Waals surface area contributed by atoms with E-state index >= 15 is 0 Å². The van der Waals surface area contributed by atoms with Gasteiger partial charge < -0.3 is 0 Å². The van der Waals surface area contributed by atoms with Crippen molar-refractivity contribution in [3.8, 4) is 22.3 Å². The number of rotatable bonds is 0. The largest absolute Gasteiger partial charge is 0.201 e. The highest BCUT2D eigenvalue weighted by Gasteiger charge is 2.21. The number of hydrogen-bond acceptors (Lipinski definition) is 0. The summed E-state index contributed by atoms with van der Waals surface area (Å²) in [7, 11) is 0. The monoisotopic (exact) mass is 720 g/mol. The van der Waals surface area contributed by atoms with Crippen LogP contribution in [0.4, 0.5) is 0 Å². The van der Waals surface area contributed by atoms with Crippen molar-refractivity contribution in [2.45, 2.75) is 26.2 Å². The van der Waals surface area contributed by atoms with Gasteiger partial charge >= 0.3 is 0 Å². The van der Waals surface area contributed by atoms with Crippen molar-refractivity contribution in [2.75, 3.05) is 0 Å². The van der Waals surface area contributed by atoms with Gasteiger partial charge in [0.25, 0.3) is 0 Å². The van der Waals surface area contributed by atoms with Crippen molar-refractivity contribution in [1.29, 1.82) is 0 Å². The first-order chi connectivity index (χ1) is 27.7. The molecule has 12 bridgehead atoms. The average Bonchev–Trinajstić information content (AvgIpc) is 3.26. The fraction of sp³-hybridized carbons (Fsp3) is 0.0769. The fourth-order valence-electron chi connectivity index (χ4n) is 9.05. The van der Waals surface area contributed by atoms with Gasteiger partial charge in [-0.1, -0.05) is 97.1 Å². The summed E-state index contributed by atoms with van der Waals surface area (Å²) in [5, 5.41) is 10.5. The second kappa shape index (κ2) is 13.4. The summed E-state index contributed by atoms with van der Waals surface area (Å²) >= 11 is 0. The molecule has 0 saturated carbocycles. The Hall–Kier alpha value is -7.04. The van der Waals surface area contributed by atoms with Crippen LogP contribution in [0.25, 0.3) is 65.3 Å². The van der Waals surface area contributed by atoms with Crippen molar-refractivity contribution in [3.63, 3.8) is 0 Å². The lowest BCUT2D eigenvalue weighted by Gasteiger charge is -2.15. The summed E-state index contributed by atoms with van der Waals surface area (Å²) in [5.41, 5.74) is 10.2. The Balaban J connectivity index is 1.07. The quantitative estimate of drug-likeness (QED) is 0.110. The lowest BCUT2D eigenvalue weighted by atomic mass is 9.91. The second-order valence-corrected chi connectivity index (χ2v) is 15.1. The summed E-state index contributed by atoms with van der Waals surface area (Å²) in [4.78, 5) is 0. The summed E-state index contributed by atoms with van der Waals surface area (Å²) in [6.07, 6.45) is 17.8. The molecule has 0 amide bonds. The molecule has 0 aliphatic carbocycles. The molecule has 6 aromatic carbocycles. The van der Waals surface area contributed by atoms with Crippen LogP contribution < -0.4 is 18.3 Å². The predicted octanol–water partition coefficient (Wildman–Crippen LogP) is 9.29. The van der Waals surface area contributed by atoms with Crippen LogP contribution >= 0.6 is 0 Å². The summed E-state index contributed by atoms with van der Waals surface area (Å²) in [6.45, 7) is 3.15. The molecule has 18 heterocycles. The van der Waals surface area contributed by atoms with Crippen molar-refractivity contribution < 1.29 is 18.3 Å². The molecular formula is C52H40N4+4. The van der Waals surface area contributed by atoms with E-state index in [1.165, 1.54) is 87.6 Å². The van der Waals surface area contributed by atoms with E-state index < -0.39 is 0 Å². The van der Waals surface area contributed by atoms with Gasteiger partial charge in [0.15, 0.2) is 75.8 Å². The molecule has 0 spiro atoms. The highest BCUT2D eigenvalue weighted by molar-refractivity contribution is 6.06. The Morgan fingerprint density at radius 2 is 0.375 bits per heavy atom. The standard InChI is InChI=1S/C52H40N4/c1-2-10-42-41(9-1)49-33-53-25-17-37(18-26-53)39-21-29-55(30-22-39)35-51-45-13-5-7-15-47(45)52(48-16-8-6-14-46(48)51)36-56-31-23-40(24-32-56)38-19-27-54(28-20-38)34-50(42)44-12-4-3-11-43(44)49/h1-32H,33-36H2/q+4. The maximum Gasteiger partial charge on any atom is 0.175 e. The topological polar surface area (TPSA) is 15.5 Å². The Bertz CT molecular complexity index is 2560. The number of fused-ring (bicyclic) bond motifs is 1. The van der Waals surface area contributed by atoms with Crippen LogP contribution in [0, 0.1) is 0 Å². The first kappa shape index (κ1) is 32.4. The number of pyridine rings is 4. The molecule has 24 rings (SSSR count). The molecule has 0 atom stereocenters. The highest BCUT2D eigenvalue weighted by atomic mass is 14.9. The van der Waals surface area contributed by atoms with Crippen LogP contribution in [-0.4, -0.2) is 0 Å². The first-order valence-corrected chi connectivity index (χ1v) is 19.5. The second-order valence-electron chi connectivity index (χ2n) is 15.1. The molecule has 0 radical (unpaired) electrons. The van der Waals surface area contributed by atoms with E-state index in [9.17, 15) is 0 Å². The minimum absolute atomic E-state index is 0.788. The van der Waals surface area contributed by atoms with Gasteiger partial charge in [0, 0.05) is 70.8 Å². The molecule has 4 aromatic heterocycles. The Morgan fingerprint density at radius 1 is 0.214 bits per heavy atom. The summed E-state index contributed by atoms with van der Waals surface area (Å²) in [5.74, 6) is 0. The zero-order valence-electron chi connectivity index (χ0n) is 31.1. The lowest BCUT2D eigenvalue weighted by Crippen LogP contribution is -2.35. The molecule has 14 aliphatic heterocycles. The van der Waals surface area contributed by atoms with E-state index in [-0.39, 0.29) is 0 Å². The Kier molecular flexibility index (Phi) is 7.73. The number of benzene rings is 6. The van der Waals surface area contributed by atoms with Gasteiger partial charge in [-0.15, -0.1) is 0 Å². The van der Waals surface area contributed by atoms with Crippen LogP contribution in [0.3, 0.4) is 0 Å². The third kappa shape index (κ3) is 5.61. The highest BCUT2D eigenvalue weighted by Crippen LogP contribution is 2.35. The van der Waals surface area contributed by atoms with Crippen molar-refractivity contribution in [2.24, 2.45) is 0 Å². The molecule has 56 heavy (non-hydrogen) atoms. The molecule has 0 fully saturated rings. The molecule has 4 heteroatoms. The van der Waals surface area contributed by atoms with Gasteiger partial charge in [0.1, 0.15) is 0 Å². The van der Waals surface area contributed by atoms with Crippen LogP contribution in [0.1, 0.15) is 22.3 Å². The van der Waals surface area contributed by atoms with E-state index in [0.717, 1.165) is 26.2 Å². The van der Waals surface area contributed by atoms with E-state index in [0.29, 0.717) is 0 Å².